The lowest BCUT2D eigenvalue weighted by atomic mass is 10.1. The van der Waals surface area contributed by atoms with E-state index in [0.717, 1.165) is 50.5 Å². The smallest absolute Gasteiger partial charge is 0.224 e. The third-order valence-corrected chi connectivity index (χ3v) is 4.05. The quantitative estimate of drug-likeness (QED) is 0.776. The van der Waals surface area contributed by atoms with Crippen molar-refractivity contribution in [1.82, 2.24) is 9.97 Å². The minimum absolute atomic E-state index is 0.298. The maximum absolute atomic E-state index is 5.60. The summed E-state index contributed by atoms with van der Waals surface area (Å²) in [5.41, 5.74) is 1.25. The summed E-state index contributed by atoms with van der Waals surface area (Å²) in [5, 5.41) is 6.58. The Kier molecular flexibility index (Phi) is 5.85. The fourth-order valence-corrected chi connectivity index (χ4v) is 2.68. The van der Waals surface area contributed by atoms with Gasteiger partial charge in [-0.1, -0.05) is 12.1 Å². The van der Waals surface area contributed by atoms with Crippen LogP contribution in [-0.4, -0.2) is 42.9 Å². The normalized spacial score (nSPS) is 16.8. The number of hydrogen-bond donors (Lipinski definition) is 2. The Labute approximate surface area is 142 Å². The van der Waals surface area contributed by atoms with Crippen molar-refractivity contribution in [2.24, 2.45) is 0 Å². The summed E-state index contributed by atoms with van der Waals surface area (Å²) in [6, 6.07) is 9.97. The lowest BCUT2D eigenvalue weighted by molar-refractivity contribution is 0.120. The maximum Gasteiger partial charge on any atom is 0.224 e. The number of methoxy groups -OCH3 is 1. The van der Waals surface area contributed by atoms with Gasteiger partial charge in [0.05, 0.1) is 13.2 Å². The van der Waals surface area contributed by atoms with Gasteiger partial charge in [-0.25, -0.2) is 4.98 Å². The Morgan fingerprint density at radius 1 is 1.21 bits per heavy atom. The molecule has 1 aliphatic heterocycles. The zero-order valence-corrected chi connectivity index (χ0v) is 14.0. The molecule has 1 aromatic carbocycles. The van der Waals surface area contributed by atoms with Gasteiger partial charge in [-0.3, -0.25) is 0 Å². The minimum Gasteiger partial charge on any atom is -0.497 e. The highest BCUT2D eigenvalue weighted by molar-refractivity contribution is 5.39. The van der Waals surface area contributed by atoms with Crippen LogP contribution in [0.3, 0.4) is 0 Å². The Morgan fingerprint density at radius 2 is 2.08 bits per heavy atom. The van der Waals surface area contributed by atoms with Crippen molar-refractivity contribution in [1.29, 1.82) is 0 Å². The molecule has 0 saturated carbocycles. The van der Waals surface area contributed by atoms with Crippen LogP contribution in [-0.2, 0) is 11.2 Å². The first-order chi connectivity index (χ1) is 11.8. The van der Waals surface area contributed by atoms with E-state index in [4.69, 9.17) is 9.47 Å². The highest BCUT2D eigenvalue weighted by atomic mass is 16.5. The largest absolute Gasteiger partial charge is 0.497 e. The number of anilines is 2. The first-order valence-corrected chi connectivity index (χ1v) is 8.39. The number of rotatable bonds is 8. The van der Waals surface area contributed by atoms with Crippen molar-refractivity contribution in [2.45, 2.75) is 25.4 Å². The van der Waals surface area contributed by atoms with Gasteiger partial charge in [0.1, 0.15) is 11.6 Å². The molecule has 0 aliphatic carbocycles. The number of hydrogen-bond acceptors (Lipinski definition) is 6. The zero-order valence-electron chi connectivity index (χ0n) is 14.0. The minimum atomic E-state index is 0.298. The first-order valence-electron chi connectivity index (χ1n) is 8.39. The monoisotopic (exact) mass is 328 g/mol. The summed E-state index contributed by atoms with van der Waals surface area (Å²) in [6.07, 6.45) is 5.23. The molecule has 0 amide bonds. The highest BCUT2D eigenvalue weighted by Crippen LogP contribution is 2.14. The van der Waals surface area contributed by atoms with Gasteiger partial charge >= 0.3 is 0 Å². The van der Waals surface area contributed by atoms with Crippen molar-refractivity contribution in [3.8, 4) is 5.75 Å². The van der Waals surface area contributed by atoms with Crippen molar-refractivity contribution in [2.75, 3.05) is 37.4 Å². The fraction of sp³-hybridized carbons (Fsp3) is 0.444. The van der Waals surface area contributed by atoms with Gasteiger partial charge in [0.2, 0.25) is 5.95 Å². The SMILES string of the molecule is COc1ccc(CCNc2nccc(NCC3CCCO3)n2)cc1. The van der Waals surface area contributed by atoms with E-state index >= 15 is 0 Å². The fourth-order valence-electron chi connectivity index (χ4n) is 2.68. The molecule has 1 atom stereocenters. The second-order valence-corrected chi connectivity index (χ2v) is 5.81. The van der Waals surface area contributed by atoms with Crippen LogP contribution >= 0.6 is 0 Å². The van der Waals surface area contributed by atoms with Gasteiger partial charge in [0, 0.05) is 25.9 Å². The number of nitrogens with one attached hydrogen (secondary N) is 2. The number of aromatic nitrogens is 2. The van der Waals surface area contributed by atoms with Gasteiger partial charge < -0.3 is 20.1 Å². The predicted octanol–water partition coefficient (Wildman–Crippen LogP) is 2.73. The summed E-state index contributed by atoms with van der Waals surface area (Å²) in [6.45, 7) is 2.44. The van der Waals surface area contributed by atoms with Crippen LogP contribution < -0.4 is 15.4 Å². The molecule has 6 nitrogen and oxygen atoms in total. The summed E-state index contributed by atoms with van der Waals surface area (Å²) in [5.74, 6) is 2.34. The van der Waals surface area contributed by atoms with Crippen LogP contribution in [0.4, 0.5) is 11.8 Å². The van der Waals surface area contributed by atoms with E-state index in [1.54, 1.807) is 13.3 Å². The Balaban J connectivity index is 1.45. The molecule has 0 bridgehead atoms. The molecule has 128 valence electrons. The summed E-state index contributed by atoms with van der Waals surface area (Å²) >= 11 is 0. The van der Waals surface area contributed by atoms with E-state index in [1.807, 2.05) is 18.2 Å². The van der Waals surface area contributed by atoms with Crippen molar-refractivity contribution in [3.05, 3.63) is 42.1 Å². The molecule has 1 saturated heterocycles. The molecule has 6 heteroatoms. The molecule has 0 spiro atoms. The standard InChI is InChI=1S/C18H24N4O2/c1-23-15-6-4-14(5-7-15)8-10-19-18-20-11-9-17(22-18)21-13-16-3-2-12-24-16/h4-7,9,11,16H,2-3,8,10,12-13H2,1H3,(H2,19,20,21,22). The third kappa shape index (κ3) is 4.83. The average Bonchev–Trinajstić information content (AvgIpc) is 3.15. The maximum atomic E-state index is 5.60. The summed E-state index contributed by atoms with van der Waals surface area (Å²) in [4.78, 5) is 8.75. The van der Waals surface area contributed by atoms with E-state index in [2.05, 4.69) is 32.7 Å². The summed E-state index contributed by atoms with van der Waals surface area (Å²) < 4.78 is 10.8. The number of ether oxygens (including phenoxy) is 2. The molecule has 2 N–H and O–H groups in total. The lowest BCUT2D eigenvalue weighted by Gasteiger charge is -2.12. The van der Waals surface area contributed by atoms with E-state index < -0.39 is 0 Å². The van der Waals surface area contributed by atoms with Gasteiger partial charge in [-0.2, -0.15) is 4.98 Å². The number of benzene rings is 1. The Bertz CT molecular complexity index is 627. The van der Waals surface area contributed by atoms with E-state index in [1.165, 1.54) is 5.56 Å². The van der Waals surface area contributed by atoms with Crippen LogP contribution in [0.25, 0.3) is 0 Å². The van der Waals surface area contributed by atoms with Crippen molar-refractivity contribution in [3.63, 3.8) is 0 Å². The predicted molar refractivity (Wildman–Crippen MR) is 94.7 cm³/mol. The van der Waals surface area contributed by atoms with Crippen molar-refractivity contribution < 1.29 is 9.47 Å². The van der Waals surface area contributed by atoms with Gasteiger partial charge in [0.15, 0.2) is 0 Å². The second kappa shape index (κ2) is 8.49. The molecule has 0 radical (unpaired) electrons. The Morgan fingerprint density at radius 3 is 2.83 bits per heavy atom. The van der Waals surface area contributed by atoms with Gasteiger partial charge in [0.25, 0.3) is 0 Å². The molecular weight excluding hydrogens is 304 g/mol. The zero-order chi connectivity index (χ0) is 16.6. The molecule has 1 aliphatic rings. The molecule has 24 heavy (non-hydrogen) atoms. The highest BCUT2D eigenvalue weighted by Gasteiger charge is 2.15. The molecule has 3 rings (SSSR count). The lowest BCUT2D eigenvalue weighted by Crippen LogP contribution is -2.19. The van der Waals surface area contributed by atoms with Crippen LogP contribution in [0.5, 0.6) is 5.75 Å². The Hall–Kier alpha value is -2.34. The molecule has 2 heterocycles. The van der Waals surface area contributed by atoms with E-state index in [0.29, 0.717) is 12.1 Å². The molecule has 1 aromatic heterocycles. The first kappa shape index (κ1) is 16.5. The number of nitrogens with zero attached hydrogens (tertiary/aromatic N) is 2. The van der Waals surface area contributed by atoms with E-state index in [9.17, 15) is 0 Å². The molecule has 1 unspecified atom stereocenters. The average molecular weight is 328 g/mol. The van der Waals surface area contributed by atoms with Crippen LogP contribution in [0.15, 0.2) is 36.5 Å². The topological polar surface area (TPSA) is 68.3 Å². The molecular formula is C18H24N4O2. The van der Waals surface area contributed by atoms with Crippen LogP contribution in [0.2, 0.25) is 0 Å². The van der Waals surface area contributed by atoms with Crippen LogP contribution in [0, 0.1) is 0 Å². The van der Waals surface area contributed by atoms with Crippen molar-refractivity contribution >= 4 is 11.8 Å². The molecule has 2 aromatic rings. The molecule has 1 fully saturated rings. The van der Waals surface area contributed by atoms with E-state index in [-0.39, 0.29) is 0 Å². The third-order valence-electron chi connectivity index (χ3n) is 4.05. The van der Waals surface area contributed by atoms with Gasteiger partial charge in [-0.05, 0) is 43.0 Å². The van der Waals surface area contributed by atoms with Gasteiger partial charge in [-0.15, -0.1) is 0 Å². The van der Waals surface area contributed by atoms with Crippen LogP contribution in [0.1, 0.15) is 18.4 Å². The second-order valence-electron chi connectivity index (χ2n) is 5.81. The summed E-state index contributed by atoms with van der Waals surface area (Å²) in [7, 11) is 1.67.